The van der Waals surface area contributed by atoms with Crippen LogP contribution in [0.5, 0.6) is 0 Å². The lowest BCUT2D eigenvalue weighted by Gasteiger charge is -2.10. The Morgan fingerprint density at radius 3 is 2.96 bits per heavy atom. The van der Waals surface area contributed by atoms with Gasteiger partial charge in [-0.1, -0.05) is 11.2 Å². The van der Waals surface area contributed by atoms with Crippen molar-refractivity contribution in [1.82, 2.24) is 19.9 Å². The summed E-state index contributed by atoms with van der Waals surface area (Å²) in [7, 11) is 0. The normalized spacial score (nSPS) is 16.6. The van der Waals surface area contributed by atoms with Crippen LogP contribution in [-0.4, -0.2) is 45.6 Å². The number of anilines is 1. The highest BCUT2D eigenvalue weighted by Gasteiger charge is 2.23. The van der Waals surface area contributed by atoms with Gasteiger partial charge in [-0.3, -0.25) is 14.0 Å². The van der Waals surface area contributed by atoms with E-state index in [2.05, 4.69) is 20.8 Å². The molecule has 140 valence electrons. The fraction of sp³-hybridized carbons (Fsp3) is 0.333. The zero-order chi connectivity index (χ0) is 18.8. The molecule has 1 unspecified atom stereocenters. The first kappa shape index (κ1) is 17.2. The number of nitrogens with zero attached hydrogens (tertiary/aromatic N) is 3. The average molecular weight is 369 g/mol. The van der Waals surface area contributed by atoms with Crippen LogP contribution >= 0.6 is 0 Å². The number of carbonyl (C=O) groups is 2. The van der Waals surface area contributed by atoms with Crippen molar-refractivity contribution in [2.24, 2.45) is 0 Å². The summed E-state index contributed by atoms with van der Waals surface area (Å²) < 4.78 is 12.1. The van der Waals surface area contributed by atoms with Crippen LogP contribution in [0.15, 0.2) is 35.0 Å². The number of aromatic nitrogens is 3. The fourth-order valence-electron chi connectivity index (χ4n) is 3.06. The van der Waals surface area contributed by atoms with Crippen LogP contribution in [0.3, 0.4) is 0 Å². The predicted octanol–water partition coefficient (Wildman–Crippen LogP) is 1.79. The summed E-state index contributed by atoms with van der Waals surface area (Å²) >= 11 is 0. The summed E-state index contributed by atoms with van der Waals surface area (Å²) in [5.74, 6) is 0.187. The molecule has 1 atom stereocenters. The molecule has 9 heteroatoms. The third-order valence-corrected chi connectivity index (χ3v) is 4.35. The van der Waals surface area contributed by atoms with Crippen molar-refractivity contribution in [3.63, 3.8) is 0 Å². The van der Waals surface area contributed by atoms with E-state index in [1.54, 1.807) is 41.8 Å². The summed E-state index contributed by atoms with van der Waals surface area (Å²) in [5, 5.41) is 9.20. The van der Waals surface area contributed by atoms with E-state index in [9.17, 15) is 9.59 Å². The minimum absolute atomic E-state index is 0.0263. The van der Waals surface area contributed by atoms with Crippen molar-refractivity contribution in [2.75, 3.05) is 18.5 Å². The number of hydrogen-bond acceptors (Lipinski definition) is 6. The molecule has 0 bridgehead atoms. The summed E-state index contributed by atoms with van der Waals surface area (Å²) in [6.07, 6.45) is 3.64. The standard InChI is InChI=1S/C18H19N5O4/c1-11-9-14(22-27-11)20-17(24)15-13-6-2-3-7-23(13)16(21-15)18(25)19-10-12-5-4-8-26-12/h2-3,6-7,9,12H,4-5,8,10H2,1H3,(H,19,25)(H,20,22,24). The van der Waals surface area contributed by atoms with Gasteiger partial charge in [-0.05, 0) is 31.9 Å². The van der Waals surface area contributed by atoms with Gasteiger partial charge in [0.25, 0.3) is 11.8 Å². The number of carbonyl (C=O) groups excluding carboxylic acids is 2. The minimum Gasteiger partial charge on any atom is -0.376 e. The van der Waals surface area contributed by atoms with Crippen molar-refractivity contribution >= 4 is 23.1 Å². The highest BCUT2D eigenvalue weighted by atomic mass is 16.5. The maximum Gasteiger partial charge on any atom is 0.287 e. The average Bonchev–Trinajstić information content (AvgIpc) is 3.39. The number of rotatable bonds is 5. The Bertz CT molecular complexity index is 987. The molecule has 1 saturated heterocycles. The molecule has 0 radical (unpaired) electrons. The Hall–Kier alpha value is -3.20. The van der Waals surface area contributed by atoms with E-state index in [1.165, 1.54) is 0 Å². The highest BCUT2D eigenvalue weighted by Crippen LogP contribution is 2.16. The van der Waals surface area contributed by atoms with E-state index in [0.29, 0.717) is 23.6 Å². The molecule has 4 rings (SSSR count). The number of amides is 2. The molecule has 3 aromatic rings. The van der Waals surface area contributed by atoms with Gasteiger partial charge in [0.1, 0.15) is 5.76 Å². The largest absolute Gasteiger partial charge is 0.376 e. The van der Waals surface area contributed by atoms with Gasteiger partial charge in [0.2, 0.25) is 5.82 Å². The maximum atomic E-state index is 12.6. The second kappa shape index (κ2) is 7.20. The van der Waals surface area contributed by atoms with E-state index >= 15 is 0 Å². The molecule has 1 aliphatic rings. The maximum absolute atomic E-state index is 12.6. The van der Waals surface area contributed by atoms with Crippen molar-refractivity contribution in [3.05, 3.63) is 47.7 Å². The molecular weight excluding hydrogens is 350 g/mol. The second-order valence-corrected chi connectivity index (χ2v) is 6.36. The first-order valence-electron chi connectivity index (χ1n) is 8.73. The zero-order valence-corrected chi connectivity index (χ0v) is 14.8. The molecule has 0 aromatic carbocycles. The van der Waals surface area contributed by atoms with Gasteiger partial charge >= 0.3 is 0 Å². The zero-order valence-electron chi connectivity index (χ0n) is 14.8. The lowest BCUT2D eigenvalue weighted by Crippen LogP contribution is -2.33. The molecule has 9 nitrogen and oxygen atoms in total. The molecule has 4 heterocycles. The lowest BCUT2D eigenvalue weighted by atomic mass is 10.2. The van der Waals surface area contributed by atoms with Gasteiger partial charge in [0.05, 0.1) is 11.6 Å². The molecule has 1 aliphatic heterocycles. The molecule has 27 heavy (non-hydrogen) atoms. The number of imidazole rings is 1. The third kappa shape index (κ3) is 3.54. The molecule has 3 aromatic heterocycles. The summed E-state index contributed by atoms with van der Waals surface area (Å²) in [6, 6.07) is 6.88. The van der Waals surface area contributed by atoms with Crippen LogP contribution in [0.1, 0.15) is 39.7 Å². The SMILES string of the molecule is Cc1cc(NC(=O)c2nc(C(=O)NCC3CCCO3)n3ccccc23)no1. The van der Waals surface area contributed by atoms with Gasteiger partial charge in [0.15, 0.2) is 11.5 Å². The van der Waals surface area contributed by atoms with Crippen LogP contribution in [0.2, 0.25) is 0 Å². The molecule has 0 aliphatic carbocycles. The lowest BCUT2D eigenvalue weighted by molar-refractivity contribution is 0.0848. The quantitative estimate of drug-likeness (QED) is 0.709. The minimum atomic E-state index is -0.467. The molecule has 2 N–H and O–H groups in total. The van der Waals surface area contributed by atoms with Gasteiger partial charge in [-0.15, -0.1) is 0 Å². The Kier molecular flexibility index (Phi) is 4.59. The highest BCUT2D eigenvalue weighted by molar-refractivity contribution is 6.08. The second-order valence-electron chi connectivity index (χ2n) is 6.36. The Morgan fingerprint density at radius 2 is 2.22 bits per heavy atom. The number of pyridine rings is 1. The van der Waals surface area contributed by atoms with Gasteiger partial charge < -0.3 is 19.9 Å². The summed E-state index contributed by atoms with van der Waals surface area (Å²) in [5.41, 5.74) is 0.663. The molecule has 2 amide bonds. The van der Waals surface area contributed by atoms with E-state index in [0.717, 1.165) is 19.4 Å². The van der Waals surface area contributed by atoms with Gasteiger partial charge in [-0.25, -0.2) is 4.98 Å². The van der Waals surface area contributed by atoms with Gasteiger partial charge in [0, 0.05) is 25.4 Å². The molecule has 0 saturated carbocycles. The van der Waals surface area contributed by atoms with Crippen molar-refractivity contribution < 1.29 is 18.8 Å². The van der Waals surface area contributed by atoms with Gasteiger partial charge in [-0.2, -0.15) is 0 Å². The Morgan fingerprint density at radius 1 is 1.33 bits per heavy atom. The topological polar surface area (TPSA) is 111 Å². The van der Waals surface area contributed by atoms with Crippen LogP contribution in [0.4, 0.5) is 5.82 Å². The summed E-state index contributed by atoms with van der Waals surface area (Å²) in [6.45, 7) is 2.87. The number of ether oxygens (including phenoxy) is 1. The van der Waals surface area contributed by atoms with Crippen molar-refractivity contribution in [1.29, 1.82) is 0 Å². The van der Waals surface area contributed by atoms with Crippen LogP contribution in [0, 0.1) is 6.92 Å². The van der Waals surface area contributed by atoms with E-state index in [1.807, 2.05) is 0 Å². The van der Waals surface area contributed by atoms with E-state index < -0.39 is 5.91 Å². The third-order valence-electron chi connectivity index (χ3n) is 4.35. The first-order chi connectivity index (χ1) is 13.1. The fourth-order valence-corrected chi connectivity index (χ4v) is 3.06. The first-order valence-corrected chi connectivity index (χ1v) is 8.73. The smallest absolute Gasteiger partial charge is 0.287 e. The Labute approximate surface area is 154 Å². The van der Waals surface area contributed by atoms with Crippen LogP contribution in [-0.2, 0) is 4.74 Å². The summed E-state index contributed by atoms with van der Waals surface area (Å²) in [4.78, 5) is 29.5. The van der Waals surface area contributed by atoms with Crippen molar-refractivity contribution in [3.8, 4) is 0 Å². The molecule has 1 fully saturated rings. The predicted molar refractivity (Wildman–Crippen MR) is 95.7 cm³/mol. The number of aryl methyl sites for hydroxylation is 1. The number of fused-ring (bicyclic) bond motifs is 1. The van der Waals surface area contributed by atoms with E-state index in [-0.39, 0.29) is 23.5 Å². The number of nitrogens with one attached hydrogen (secondary N) is 2. The van der Waals surface area contributed by atoms with Crippen LogP contribution in [0.25, 0.3) is 5.52 Å². The van der Waals surface area contributed by atoms with Crippen molar-refractivity contribution in [2.45, 2.75) is 25.9 Å². The number of hydrogen-bond donors (Lipinski definition) is 2. The molecule has 0 spiro atoms. The van der Waals surface area contributed by atoms with Crippen LogP contribution < -0.4 is 10.6 Å². The molecular formula is C18H19N5O4. The monoisotopic (exact) mass is 369 g/mol. The van der Waals surface area contributed by atoms with E-state index in [4.69, 9.17) is 9.26 Å². The Balaban J connectivity index is 1.58.